The second kappa shape index (κ2) is 9.53. The van der Waals surface area contributed by atoms with Crippen molar-refractivity contribution in [3.8, 4) is 0 Å². The Morgan fingerprint density at radius 1 is 1.11 bits per heavy atom. The average Bonchev–Trinajstić information content (AvgIpc) is 2.64. The van der Waals surface area contributed by atoms with Gasteiger partial charge in [0.25, 0.3) is 11.8 Å². The molecule has 1 aliphatic carbocycles. The van der Waals surface area contributed by atoms with E-state index in [0.29, 0.717) is 17.4 Å². The fraction of sp³-hybridized carbons (Fsp3) is 0.571. The summed E-state index contributed by atoms with van der Waals surface area (Å²) in [5, 5.41) is 5.47. The summed E-state index contributed by atoms with van der Waals surface area (Å²) in [6, 6.07) is 5.47. The van der Waals surface area contributed by atoms with Crippen LogP contribution >= 0.6 is 0 Å². The topological polar surface area (TPSA) is 84.5 Å². The minimum atomic E-state index is -0.632. The molecule has 0 unspecified atom stereocenters. The van der Waals surface area contributed by atoms with E-state index >= 15 is 0 Å². The van der Waals surface area contributed by atoms with E-state index in [9.17, 15) is 14.4 Å². The molecule has 1 aromatic carbocycles. The van der Waals surface area contributed by atoms with E-state index in [0.717, 1.165) is 24.0 Å². The minimum absolute atomic E-state index is 0.129. The van der Waals surface area contributed by atoms with Gasteiger partial charge in [-0.3, -0.25) is 14.4 Å². The molecule has 0 bridgehead atoms. The average molecular weight is 374 g/mol. The number of carbonyl (C=O) groups is 3. The number of rotatable bonds is 6. The van der Waals surface area contributed by atoms with Crippen molar-refractivity contribution in [3.63, 3.8) is 0 Å². The van der Waals surface area contributed by atoms with Gasteiger partial charge in [0.2, 0.25) is 0 Å². The van der Waals surface area contributed by atoms with Gasteiger partial charge in [-0.1, -0.05) is 32.8 Å². The Balaban J connectivity index is 1.71. The third-order valence-corrected chi connectivity index (χ3v) is 5.58. The van der Waals surface area contributed by atoms with Crippen LogP contribution < -0.4 is 10.6 Å². The van der Waals surface area contributed by atoms with E-state index in [1.165, 1.54) is 6.42 Å². The number of carbonyl (C=O) groups excluding carboxylic acids is 3. The van der Waals surface area contributed by atoms with Crippen LogP contribution in [-0.4, -0.2) is 37.0 Å². The Hall–Kier alpha value is -2.37. The zero-order chi connectivity index (χ0) is 20.0. The van der Waals surface area contributed by atoms with Crippen LogP contribution in [0.4, 0.5) is 0 Å². The number of ether oxygens (including phenoxy) is 1. The summed E-state index contributed by atoms with van der Waals surface area (Å²) in [7, 11) is 0. The van der Waals surface area contributed by atoms with Crippen molar-refractivity contribution < 1.29 is 19.1 Å². The minimum Gasteiger partial charge on any atom is -0.454 e. The molecule has 2 N–H and O–H groups in total. The smallest absolute Gasteiger partial charge is 0.325 e. The van der Waals surface area contributed by atoms with Gasteiger partial charge < -0.3 is 15.4 Å². The highest BCUT2D eigenvalue weighted by atomic mass is 16.5. The molecule has 148 valence electrons. The van der Waals surface area contributed by atoms with Gasteiger partial charge >= 0.3 is 5.97 Å². The molecule has 0 saturated heterocycles. The van der Waals surface area contributed by atoms with Crippen molar-refractivity contribution in [1.82, 2.24) is 10.6 Å². The van der Waals surface area contributed by atoms with Crippen molar-refractivity contribution in [1.29, 1.82) is 0 Å². The predicted octanol–water partition coefficient (Wildman–Crippen LogP) is 2.52. The first-order chi connectivity index (χ1) is 12.8. The fourth-order valence-electron chi connectivity index (χ4n) is 3.37. The van der Waals surface area contributed by atoms with Crippen LogP contribution in [0.1, 0.15) is 54.6 Å². The zero-order valence-corrected chi connectivity index (χ0v) is 16.6. The Kier molecular flexibility index (Phi) is 7.39. The molecule has 0 heterocycles. The van der Waals surface area contributed by atoms with Crippen molar-refractivity contribution in [2.24, 2.45) is 11.8 Å². The molecule has 6 nitrogen and oxygen atoms in total. The second-order valence-corrected chi connectivity index (χ2v) is 7.58. The molecule has 1 fully saturated rings. The lowest BCUT2D eigenvalue weighted by atomic mass is 9.78. The molecule has 0 aromatic heterocycles. The highest BCUT2D eigenvalue weighted by Gasteiger charge is 2.28. The quantitative estimate of drug-likeness (QED) is 0.750. The Morgan fingerprint density at radius 3 is 2.56 bits per heavy atom. The summed E-state index contributed by atoms with van der Waals surface area (Å²) in [5.41, 5.74) is 2.59. The molecule has 2 rings (SSSR count). The van der Waals surface area contributed by atoms with Crippen LogP contribution in [0.3, 0.4) is 0 Å². The molecular formula is C21H30N2O4. The fourth-order valence-corrected chi connectivity index (χ4v) is 3.37. The molecule has 1 saturated carbocycles. The van der Waals surface area contributed by atoms with Gasteiger partial charge in [-0.05, 0) is 55.4 Å². The Bertz CT molecular complexity index is 701. The summed E-state index contributed by atoms with van der Waals surface area (Å²) >= 11 is 0. The second-order valence-electron chi connectivity index (χ2n) is 7.58. The normalized spacial score (nSPS) is 22.0. The van der Waals surface area contributed by atoms with Crippen molar-refractivity contribution in [3.05, 3.63) is 34.9 Å². The van der Waals surface area contributed by atoms with Crippen LogP contribution in [0.15, 0.2) is 18.2 Å². The summed E-state index contributed by atoms with van der Waals surface area (Å²) in [6.07, 6.45) is 3.24. The van der Waals surface area contributed by atoms with E-state index in [1.54, 1.807) is 12.1 Å². The molecule has 1 aromatic rings. The van der Waals surface area contributed by atoms with Gasteiger partial charge in [-0.15, -0.1) is 0 Å². The molecule has 3 atom stereocenters. The van der Waals surface area contributed by atoms with E-state index < -0.39 is 5.97 Å². The molecule has 0 radical (unpaired) electrons. The molecule has 6 heteroatoms. The van der Waals surface area contributed by atoms with Crippen molar-refractivity contribution in [2.75, 3.05) is 13.2 Å². The first-order valence-electron chi connectivity index (χ1n) is 9.58. The summed E-state index contributed by atoms with van der Waals surface area (Å²) in [5.74, 6) is -0.283. The van der Waals surface area contributed by atoms with Crippen molar-refractivity contribution >= 4 is 17.8 Å². The molecule has 0 aliphatic heterocycles. The van der Waals surface area contributed by atoms with E-state index in [-0.39, 0.29) is 31.0 Å². The van der Waals surface area contributed by atoms with Crippen molar-refractivity contribution in [2.45, 2.75) is 53.0 Å². The van der Waals surface area contributed by atoms with E-state index in [2.05, 4.69) is 24.5 Å². The number of benzene rings is 1. The maximum Gasteiger partial charge on any atom is 0.325 e. The number of nitrogens with one attached hydrogen (secondary N) is 2. The van der Waals surface area contributed by atoms with Crippen LogP contribution in [-0.2, 0) is 14.3 Å². The monoisotopic (exact) mass is 374 g/mol. The SMILES string of the molecule is Cc1ccc(C(=O)NCC(=O)OCC(=O)N[C@H]2CCC[C@@H](C)[C@@H]2C)cc1C. The summed E-state index contributed by atoms with van der Waals surface area (Å²) in [4.78, 5) is 35.9. The molecule has 1 aliphatic rings. The number of hydrogen-bond donors (Lipinski definition) is 2. The van der Waals surface area contributed by atoms with Crippen LogP contribution in [0.25, 0.3) is 0 Å². The molecule has 2 amide bonds. The Morgan fingerprint density at radius 2 is 1.85 bits per heavy atom. The number of esters is 1. The number of amides is 2. The van der Waals surface area contributed by atoms with Gasteiger partial charge in [0.1, 0.15) is 6.54 Å². The van der Waals surface area contributed by atoms with E-state index in [4.69, 9.17) is 4.74 Å². The first kappa shape index (κ1) is 20.9. The lowest BCUT2D eigenvalue weighted by molar-refractivity contribution is -0.147. The first-order valence-corrected chi connectivity index (χ1v) is 9.58. The number of hydrogen-bond acceptors (Lipinski definition) is 4. The third-order valence-electron chi connectivity index (χ3n) is 5.58. The van der Waals surface area contributed by atoms with Gasteiger partial charge in [-0.25, -0.2) is 0 Å². The lowest BCUT2D eigenvalue weighted by Crippen LogP contribution is -2.45. The van der Waals surface area contributed by atoms with Gasteiger partial charge in [0.15, 0.2) is 6.61 Å². The molecule has 27 heavy (non-hydrogen) atoms. The van der Waals surface area contributed by atoms with Gasteiger partial charge in [0, 0.05) is 11.6 Å². The summed E-state index contributed by atoms with van der Waals surface area (Å²) in [6.45, 7) is 7.64. The van der Waals surface area contributed by atoms with E-state index in [1.807, 2.05) is 19.9 Å². The standard InChI is InChI=1S/C21H30N2O4/c1-13-8-9-17(10-15(13)3)21(26)22-11-20(25)27-12-19(24)23-18-7-5-6-14(2)16(18)4/h8-10,14,16,18H,5-7,11-12H2,1-4H3,(H,22,26)(H,23,24)/t14-,16+,18+/m1/s1. The highest BCUT2D eigenvalue weighted by Crippen LogP contribution is 2.29. The zero-order valence-electron chi connectivity index (χ0n) is 16.6. The van der Waals surface area contributed by atoms with Crippen LogP contribution in [0, 0.1) is 25.7 Å². The van der Waals surface area contributed by atoms with Gasteiger partial charge in [0.05, 0.1) is 0 Å². The number of aryl methyl sites for hydroxylation is 2. The lowest BCUT2D eigenvalue weighted by Gasteiger charge is -2.34. The van der Waals surface area contributed by atoms with Crippen LogP contribution in [0.5, 0.6) is 0 Å². The maximum atomic E-state index is 12.1. The maximum absolute atomic E-state index is 12.1. The van der Waals surface area contributed by atoms with Gasteiger partial charge in [-0.2, -0.15) is 0 Å². The highest BCUT2D eigenvalue weighted by molar-refractivity contribution is 5.96. The summed E-state index contributed by atoms with van der Waals surface area (Å²) < 4.78 is 4.97. The molecule has 0 spiro atoms. The molecular weight excluding hydrogens is 344 g/mol. The van der Waals surface area contributed by atoms with Crippen LogP contribution in [0.2, 0.25) is 0 Å². The predicted molar refractivity (Wildman–Crippen MR) is 103 cm³/mol. The third kappa shape index (κ3) is 6.08. The largest absolute Gasteiger partial charge is 0.454 e. The Labute approximate surface area is 161 Å².